The predicted octanol–water partition coefficient (Wildman–Crippen LogP) is 1.46. The molecule has 1 aromatic rings. The summed E-state index contributed by atoms with van der Waals surface area (Å²) in [6.07, 6.45) is 0. The van der Waals surface area contributed by atoms with Gasteiger partial charge in [-0.1, -0.05) is 0 Å². The molecule has 116 valence electrons. The van der Waals surface area contributed by atoms with Crippen LogP contribution in [0.1, 0.15) is 6.92 Å². The lowest BCUT2D eigenvalue weighted by atomic mass is 10.3. The maximum atomic E-state index is 11.9. The van der Waals surface area contributed by atoms with Gasteiger partial charge in [0, 0.05) is 31.1 Å². The molecule has 1 aromatic carbocycles. The molecule has 0 saturated carbocycles. The number of hydrogen-bond donors (Lipinski definition) is 1. The molecule has 1 aliphatic rings. The van der Waals surface area contributed by atoms with E-state index in [2.05, 4.69) is 17.4 Å². The van der Waals surface area contributed by atoms with E-state index in [9.17, 15) is 4.79 Å². The second-order valence-corrected chi connectivity index (χ2v) is 6.07. The highest BCUT2D eigenvalue weighted by atomic mass is 32.2. The molecule has 6 heteroatoms. The molecule has 0 bridgehead atoms. The molecule has 0 aliphatic carbocycles. The first-order valence-electron chi connectivity index (χ1n) is 7.26. The molecule has 0 aromatic heterocycles. The molecule has 0 unspecified atom stereocenters. The summed E-state index contributed by atoms with van der Waals surface area (Å²) < 4.78 is 5.40. The highest BCUT2D eigenvalue weighted by molar-refractivity contribution is 8.00. The summed E-state index contributed by atoms with van der Waals surface area (Å²) >= 11 is 1.54. The van der Waals surface area contributed by atoms with Crippen molar-refractivity contribution in [2.24, 2.45) is 0 Å². The first kappa shape index (κ1) is 16.1. The van der Waals surface area contributed by atoms with Crippen molar-refractivity contribution in [3.05, 3.63) is 24.3 Å². The third kappa shape index (κ3) is 5.57. The van der Waals surface area contributed by atoms with Gasteiger partial charge in [0.25, 0.3) is 0 Å². The van der Waals surface area contributed by atoms with Crippen LogP contribution < -0.4 is 10.2 Å². The molecular weight excluding hydrogens is 286 g/mol. The van der Waals surface area contributed by atoms with E-state index in [0.717, 1.165) is 36.8 Å². The number of rotatable bonds is 6. The van der Waals surface area contributed by atoms with E-state index >= 15 is 0 Å². The number of carbonyl (C=O) groups excluding carboxylic acids is 1. The summed E-state index contributed by atoms with van der Waals surface area (Å²) in [5.41, 5.74) is 2.96. The third-order valence-electron chi connectivity index (χ3n) is 3.29. The zero-order valence-corrected chi connectivity index (χ0v) is 13.5. The smallest absolute Gasteiger partial charge is 0.244 e. The molecule has 0 atom stereocenters. The van der Waals surface area contributed by atoms with Crippen LogP contribution in [0.25, 0.3) is 0 Å². The van der Waals surface area contributed by atoms with Gasteiger partial charge >= 0.3 is 0 Å². The summed E-state index contributed by atoms with van der Waals surface area (Å²) in [5.74, 6) is 1.35. The minimum Gasteiger partial charge on any atom is -0.494 e. The number of carbonyl (C=O) groups is 1. The Bertz CT molecular complexity index is 445. The van der Waals surface area contributed by atoms with Crippen molar-refractivity contribution < 1.29 is 9.53 Å². The van der Waals surface area contributed by atoms with Gasteiger partial charge in [0.2, 0.25) is 5.91 Å². The van der Waals surface area contributed by atoms with E-state index in [4.69, 9.17) is 4.74 Å². The highest BCUT2D eigenvalue weighted by Gasteiger charge is 2.15. The summed E-state index contributed by atoms with van der Waals surface area (Å²) in [6, 6.07) is 7.84. The molecule has 0 spiro atoms. The van der Waals surface area contributed by atoms with Gasteiger partial charge in [-0.3, -0.25) is 10.2 Å². The number of thioether (sulfide) groups is 1. The number of ether oxygens (including phenoxy) is 1. The molecule has 1 aliphatic heterocycles. The van der Waals surface area contributed by atoms with Crippen molar-refractivity contribution >= 4 is 17.7 Å². The van der Waals surface area contributed by atoms with Crippen molar-refractivity contribution in [2.75, 3.05) is 45.6 Å². The lowest BCUT2D eigenvalue weighted by Crippen LogP contribution is -2.52. The average molecular weight is 309 g/mol. The van der Waals surface area contributed by atoms with Gasteiger partial charge < -0.3 is 9.64 Å². The predicted molar refractivity (Wildman–Crippen MR) is 85.5 cm³/mol. The van der Waals surface area contributed by atoms with Gasteiger partial charge in [-0.25, -0.2) is 5.01 Å². The largest absolute Gasteiger partial charge is 0.494 e. The Kier molecular flexibility index (Phi) is 6.35. The van der Waals surface area contributed by atoms with Gasteiger partial charge in [0.1, 0.15) is 5.75 Å². The topological polar surface area (TPSA) is 44.8 Å². The number of nitrogens with zero attached hydrogens (tertiary/aromatic N) is 2. The van der Waals surface area contributed by atoms with Crippen LogP contribution in [-0.4, -0.2) is 61.4 Å². The average Bonchev–Trinajstić information content (AvgIpc) is 2.49. The minimum absolute atomic E-state index is 0.0541. The number of hydrazine groups is 1. The zero-order valence-electron chi connectivity index (χ0n) is 12.7. The Morgan fingerprint density at radius 3 is 2.52 bits per heavy atom. The van der Waals surface area contributed by atoms with Gasteiger partial charge in [-0.05, 0) is 38.2 Å². The summed E-state index contributed by atoms with van der Waals surface area (Å²) in [5, 5.41) is 2.00. The van der Waals surface area contributed by atoms with Crippen molar-refractivity contribution in [1.82, 2.24) is 15.3 Å². The van der Waals surface area contributed by atoms with Crippen LogP contribution in [0.4, 0.5) is 0 Å². The van der Waals surface area contributed by atoms with E-state index in [-0.39, 0.29) is 5.91 Å². The first-order valence-corrected chi connectivity index (χ1v) is 8.24. The molecule has 21 heavy (non-hydrogen) atoms. The Morgan fingerprint density at radius 2 is 1.90 bits per heavy atom. The number of piperazine rings is 1. The van der Waals surface area contributed by atoms with Gasteiger partial charge in [-0.2, -0.15) is 0 Å². The second kappa shape index (κ2) is 8.26. The molecule has 1 heterocycles. The maximum Gasteiger partial charge on any atom is 0.244 e. The monoisotopic (exact) mass is 309 g/mol. The summed E-state index contributed by atoms with van der Waals surface area (Å²) in [6.45, 7) is 6.38. The summed E-state index contributed by atoms with van der Waals surface area (Å²) in [7, 11) is 2.10. The lowest BCUT2D eigenvalue weighted by Gasteiger charge is -2.32. The fraction of sp³-hybridized carbons (Fsp3) is 0.533. The van der Waals surface area contributed by atoms with Crippen molar-refractivity contribution in [3.63, 3.8) is 0 Å². The second-order valence-electron chi connectivity index (χ2n) is 5.02. The number of benzene rings is 1. The van der Waals surface area contributed by atoms with Crippen LogP contribution >= 0.6 is 11.8 Å². The summed E-state index contributed by atoms with van der Waals surface area (Å²) in [4.78, 5) is 15.3. The molecule has 5 nitrogen and oxygen atoms in total. The molecule has 1 fully saturated rings. The van der Waals surface area contributed by atoms with Gasteiger partial charge in [0.15, 0.2) is 0 Å². The number of hydrogen-bond acceptors (Lipinski definition) is 5. The third-order valence-corrected chi connectivity index (χ3v) is 4.30. The Balaban J connectivity index is 1.71. The molecule has 1 amide bonds. The van der Waals surface area contributed by atoms with Gasteiger partial charge in [-0.15, -0.1) is 11.8 Å². The normalized spacial score (nSPS) is 16.7. The van der Waals surface area contributed by atoms with E-state index in [1.54, 1.807) is 0 Å². The van der Waals surface area contributed by atoms with Crippen LogP contribution in [-0.2, 0) is 4.79 Å². The SMILES string of the molecule is CCOc1ccc(SCC(=O)NN2CCN(C)CC2)cc1. The number of nitrogens with one attached hydrogen (secondary N) is 1. The van der Waals surface area contributed by atoms with Crippen molar-refractivity contribution in [3.8, 4) is 5.75 Å². The fourth-order valence-corrected chi connectivity index (χ4v) is 2.77. The van der Waals surface area contributed by atoms with Crippen LogP contribution in [0.3, 0.4) is 0 Å². The van der Waals surface area contributed by atoms with Crippen LogP contribution in [0.5, 0.6) is 5.75 Å². The molecular formula is C15H23N3O2S. The standard InChI is InChI=1S/C15H23N3O2S/c1-3-20-13-4-6-14(7-5-13)21-12-15(19)16-18-10-8-17(2)9-11-18/h4-7H,3,8-12H2,1-2H3,(H,16,19). The quantitative estimate of drug-likeness (QED) is 0.806. The lowest BCUT2D eigenvalue weighted by molar-refractivity contribution is -0.124. The van der Waals surface area contributed by atoms with Crippen LogP contribution in [0, 0.1) is 0 Å². The Hall–Kier alpha value is -1.24. The van der Waals surface area contributed by atoms with E-state index in [1.807, 2.05) is 36.2 Å². The highest BCUT2D eigenvalue weighted by Crippen LogP contribution is 2.21. The molecule has 2 rings (SSSR count). The van der Waals surface area contributed by atoms with Crippen molar-refractivity contribution in [2.45, 2.75) is 11.8 Å². The fourth-order valence-electron chi connectivity index (χ4n) is 2.07. The number of likely N-dealkylation sites (N-methyl/N-ethyl adjacent to an activating group) is 1. The van der Waals surface area contributed by atoms with E-state index in [1.165, 1.54) is 11.8 Å². The van der Waals surface area contributed by atoms with Gasteiger partial charge in [0.05, 0.1) is 12.4 Å². The van der Waals surface area contributed by atoms with E-state index < -0.39 is 0 Å². The molecule has 0 radical (unpaired) electrons. The Labute approximate surface area is 130 Å². The van der Waals surface area contributed by atoms with Crippen LogP contribution in [0.15, 0.2) is 29.2 Å². The molecule has 1 saturated heterocycles. The Morgan fingerprint density at radius 1 is 1.24 bits per heavy atom. The minimum atomic E-state index is 0.0541. The first-order chi connectivity index (χ1) is 10.2. The van der Waals surface area contributed by atoms with Crippen molar-refractivity contribution in [1.29, 1.82) is 0 Å². The molecule has 1 N–H and O–H groups in total. The zero-order chi connectivity index (χ0) is 15.1. The van der Waals surface area contributed by atoms with E-state index in [0.29, 0.717) is 12.4 Å². The maximum absolute atomic E-state index is 11.9. The van der Waals surface area contributed by atoms with Crippen LogP contribution in [0.2, 0.25) is 0 Å². The number of amides is 1.